The van der Waals surface area contributed by atoms with E-state index in [1.165, 1.54) is 12.8 Å². The van der Waals surface area contributed by atoms with Crippen molar-refractivity contribution in [2.45, 2.75) is 39.7 Å². The van der Waals surface area contributed by atoms with E-state index in [9.17, 15) is 0 Å². The van der Waals surface area contributed by atoms with Crippen LogP contribution in [-0.2, 0) is 4.74 Å². The van der Waals surface area contributed by atoms with Crippen LogP contribution in [-0.4, -0.2) is 19.4 Å². The van der Waals surface area contributed by atoms with E-state index in [1.54, 1.807) is 0 Å². The second kappa shape index (κ2) is 7.03. The first kappa shape index (κ1) is 9.92. The molecular weight excluding hydrogens is 126 g/mol. The number of nitrogens with one attached hydrogen (secondary N) is 1. The number of ether oxygens (including phenoxy) is 1. The molecule has 0 aliphatic heterocycles. The van der Waals surface area contributed by atoms with Gasteiger partial charge in [0.15, 0.2) is 0 Å². The molecule has 0 fully saturated rings. The summed E-state index contributed by atoms with van der Waals surface area (Å²) in [6.45, 7) is 7.88. The van der Waals surface area contributed by atoms with E-state index in [4.69, 9.17) is 4.74 Å². The highest BCUT2D eigenvalue weighted by atomic mass is 16.5. The van der Waals surface area contributed by atoms with Crippen LogP contribution in [0, 0.1) is 0 Å². The Labute approximate surface area is 64.0 Å². The first-order chi connectivity index (χ1) is 4.85. The molecule has 0 atom stereocenters. The van der Waals surface area contributed by atoms with Gasteiger partial charge in [-0.1, -0.05) is 13.8 Å². The molecule has 2 heteroatoms. The van der Waals surface area contributed by atoms with Gasteiger partial charge in [0.2, 0.25) is 0 Å². The summed E-state index contributed by atoms with van der Waals surface area (Å²) in [5.74, 6) is 0. The largest absolute Gasteiger partial charge is 0.367 e. The van der Waals surface area contributed by atoms with Crippen LogP contribution in [0.1, 0.15) is 33.6 Å². The fourth-order valence-electron chi connectivity index (χ4n) is 0.856. The zero-order valence-corrected chi connectivity index (χ0v) is 7.31. The van der Waals surface area contributed by atoms with E-state index >= 15 is 0 Å². The number of hydrogen-bond donors (Lipinski definition) is 1. The van der Waals surface area contributed by atoms with Crippen LogP contribution in [0.15, 0.2) is 0 Å². The Morgan fingerprint density at radius 1 is 1.20 bits per heavy atom. The molecule has 0 radical (unpaired) electrons. The maximum atomic E-state index is 5.16. The van der Waals surface area contributed by atoms with Gasteiger partial charge < -0.3 is 4.74 Å². The minimum atomic E-state index is 0.631. The SMILES string of the molecule is CCOCNC(CC)CC. The fraction of sp³-hybridized carbons (Fsp3) is 1.00. The molecule has 0 amide bonds. The zero-order valence-electron chi connectivity index (χ0n) is 7.31. The smallest absolute Gasteiger partial charge is 0.0967 e. The number of rotatable bonds is 6. The lowest BCUT2D eigenvalue weighted by molar-refractivity contribution is 0.118. The van der Waals surface area contributed by atoms with Crippen molar-refractivity contribution in [1.82, 2.24) is 5.32 Å². The molecule has 2 nitrogen and oxygen atoms in total. The topological polar surface area (TPSA) is 21.3 Å². The summed E-state index contributed by atoms with van der Waals surface area (Å²) >= 11 is 0. The lowest BCUT2D eigenvalue weighted by Gasteiger charge is -2.13. The summed E-state index contributed by atoms with van der Waals surface area (Å²) in [7, 11) is 0. The minimum absolute atomic E-state index is 0.631. The second-order valence-electron chi connectivity index (χ2n) is 2.35. The first-order valence-electron chi connectivity index (χ1n) is 4.16. The lowest BCUT2D eigenvalue weighted by Crippen LogP contribution is -2.29. The fourth-order valence-corrected chi connectivity index (χ4v) is 0.856. The predicted molar refractivity (Wildman–Crippen MR) is 44.0 cm³/mol. The Morgan fingerprint density at radius 3 is 2.20 bits per heavy atom. The van der Waals surface area contributed by atoms with Crippen LogP contribution in [0.4, 0.5) is 0 Å². The van der Waals surface area contributed by atoms with Gasteiger partial charge in [-0.25, -0.2) is 0 Å². The quantitative estimate of drug-likeness (QED) is 0.454. The van der Waals surface area contributed by atoms with Gasteiger partial charge in [-0.3, -0.25) is 5.32 Å². The molecule has 0 aromatic heterocycles. The van der Waals surface area contributed by atoms with Gasteiger partial charge in [0.05, 0.1) is 6.73 Å². The summed E-state index contributed by atoms with van der Waals surface area (Å²) in [6, 6.07) is 0.631. The van der Waals surface area contributed by atoms with Crippen LogP contribution in [0.5, 0.6) is 0 Å². The summed E-state index contributed by atoms with van der Waals surface area (Å²) in [5, 5.41) is 3.30. The summed E-state index contributed by atoms with van der Waals surface area (Å²) in [6.07, 6.45) is 2.37. The highest BCUT2D eigenvalue weighted by Gasteiger charge is 1.99. The number of hydrogen-bond acceptors (Lipinski definition) is 2. The van der Waals surface area contributed by atoms with Crippen molar-refractivity contribution in [3.63, 3.8) is 0 Å². The zero-order chi connectivity index (χ0) is 7.82. The van der Waals surface area contributed by atoms with Gasteiger partial charge >= 0.3 is 0 Å². The van der Waals surface area contributed by atoms with Crippen molar-refractivity contribution in [2.75, 3.05) is 13.3 Å². The molecule has 62 valence electrons. The Morgan fingerprint density at radius 2 is 1.80 bits per heavy atom. The van der Waals surface area contributed by atoms with Crippen molar-refractivity contribution in [2.24, 2.45) is 0 Å². The van der Waals surface area contributed by atoms with Crippen molar-refractivity contribution < 1.29 is 4.74 Å². The molecule has 0 aromatic rings. The molecule has 0 aliphatic carbocycles. The van der Waals surface area contributed by atoms with E-state index in [2.05, 4.69) is 19.2 Å². The van der Waals surface area contributed by atoms with Crippen molar-refractivity contribution in [1.29, 1.82) is 0 Å². The molecule has 0 unspecified atom stereocenters. The van der Waals surface area contributed by atoms with Crippen molar-refractivity contribution in [3.8, 4) is 0 Å². The van der Waals surface area contributed by atoms with Gasteiger partial charge in [-0.15, -0.1) is 0 Å². The van der Waals surface area contributed by atoms with Crippen LogP contribution in [0.3, 0.4) is 0 Å². The Bertz CT molecular complexity index is 62.3. The normalized spacial score (nSPS) is 10.8. The molecule has 10 heavy (non-hydrogen) atoms. The lowest BCUT2D eigenvalue weighted by atomic mass is 10.2. The summed E-state index contributed by atoms with van der Waals surface area (Å²) in [5.41, 5.74) is 0. The van der Waals surface area contributed by atoms with Gasteiger partial charge in [0, 0.05) is 12.6 Å². The molecule has 0 saturated heterocycles. The average Bonchev–Trinajstić information content (AvgIpc) is 1.99. The average molecular weight is 145 g/mol. The monoisotopic (exact) mass is 145 g/mol. The van der Waals surface area contributed by atoms with Gasteiger partial charge in [-0.05, 0) is 19.8 Å². The van der Waals surface area contributed by atoms with Crippen LogP contribution < -0.4 is 5.32 Å². The first-order valence-corrected chi connectivity index (χ1v) is 4.16. The van der Waals surface area contributed by atoms with Gasteiger partial charge in [0.25, 0.3) is 0 Å². The van der Waals surface area contributed by atoms with E-state index < -0.39 is 0 Å². The Kier molecular flexibility index (Phi) is 6.98. The standard InChI is InChI=1S/C8H19NO/c1-4-8(5-2)9-7-10-6-3/h8-9H,4-7H2,1-3H3. The van der Waals surface area contributed by atoms with Crippen LogP contribution in [0.25, 0.3) is 0 Å². The minimum Gasteiger partial charge on any atom is -0.367 e. The Hall–Kier alpha value is -0.0800. The molecule has 0 spiro atoms. The molecule has 0 aromatic carbocycles. The highest BCUT2D eigenvalue weighted by Crippen LogP contribution is 1.94. The van der Waals surface area contributed by atoms with Gasteiger partial charge in [-0.2, -0.15) is 0 Å². The van der Waals surface area contributed by atoms with E-state index in [0.717, 1.165) is 6.61 Å². The second-order valence-corrected chi connectivity index (χ2v) is 2.35. The maximum Gasteiger partial charge on any atom is 0.0967 e. The summed E-state index contributed by atoms with van der Waals surface area (Å²) in [4.78, 5) is 0. The van der Waals surface area contributed by atoms with Crippen LogP contribution >= 0.6 is 0 Å². The van der Waals surface area contributed by atoms with E-state index in [0.29, 0.717) is 12.8 Å². The summed E-state index contributed by atoms with van der Waals surface area (Å²) < 4.78 is 5.16. The molecule has 0 rings (SSSR count). The van der Waals surface area contributed by atoms with Crippen molar-refractivity contribution in [3.05, 3.63) is 0 Å². The third kappa shape index (κ3) is 4.77. The third-order valence-electron chi connectivity index (χ3n) is 1.66. The molecule has 0 bridgehead atoms. The van der Waals surface area contributed by atoms with Gasteiger partial charge in [0.1, 0.15) is 0 Å². The predicted octanol–water partition coefficient (Wildman–Crippen LogP) is 1.76. The molecule has 0 saturated carbocycles. The highest BCUT2D eigenvalue weighted by molar-refractivity contribution is 4.58. The third-order valence-corrected chi connectivity index (χ3v) is 1.66. The molecular formula is C8H19NO. The van der Waals surface area contributed by atoms with E-state index in [1.807, 2.05) is 6.92 Å². The maximum absolute atomic E-state index is 5.16. The molecule has 0 heterocycles. The molecule has 0 aliphatic rings. The molecule has 1 N–H and O–H groups in total. The van der Waals surface area contributed by atoms with Crippen LogP contribution in [0.2, 0.25) is 0 Å². The van der Waals surface area contributed by atoms with Crippen molar-refractivity contribution >= 4 is 0 Å². The Balaban J connectivity index is 3.09. The van der Waals surface area contributed by atoms with E-state index in [-0.39, 0.29) is 0 Å².